The van der Waals surface area contributed by atoms with Gasteiger partial charge in [-0.3, -0.25) is 9.59 Å². The number of aliphatic hydroxyl groups excluding tert-OH is 1. The van der Waals surface area contributed by atoms with E-state index in [2.05, 4.69) is 19.1 Å². The highest BCUT2D eigenvalue weighted by molar-refractivity contribution is 5.94. The molecule has 4 aliphatic carbocycles. The zero-order valence-corrected chi connectivity index (χ0v) is 19.6. The topological polar surface area (TPSA) is 74.6 Å². The van der Waals surface area contributed by atoms with Gasteiger partial charge < -0.3 is 10.2 Å². The van der Waals surface area contributed by atoms with Gasteiger partial charge in [0.25, 0.3) is 0 Å². The molecular formula is C29H34O4. The Balaban J connectivity index is 1.66. The Morgan fingerprint density at radius 3 is 2.61 bits per heavy atom. The van der Waals surface area contributed by atoms with Gasteiger partial charge in [-0.05, 0) is 80.1 Å². The van der Waals surface area contributed by atoms with Crippen LogP contribution in [0.25, 0.3) is 0 Å². The summed E-state index contributed by atoms with van der Waals surface area (Å²) < 4.78 is 0. The first kappa shape index (κ1) is 22.5. The quantitative estimate of drug-likeness (QED) is 0.500. The average molecular weight is 447 g/mol. The molecule has 5 rings (SSSR count). The Hall–Kier alpha value is -2.30. The number of allylic oxidation sites excluding steroid dienone is 4. The van der Waals surface area contributed by atoms with Gasteiger partial charge in [-0.15, -0.1) is 0 Å². The third kappa shape index (κ3) is 3.50. The minimum Gasteiger partial charge on any atom is -0.392 e. The van der Waals surface area contributed by atoms with E-state index in [-0.39, 0.29) is 29.5 Å². The van der Waals surface area contributed by atoms with E-state index >= 15 is 0 Å². The number of fused-ring (bicyclic) bond motifs is 4. The van der Waals surface area contributed by atoms with Gasteiger partial charge >= 0.3 is 0 Å². The molecule has 0 radical (unpaired) electrons. The number of benzene rings is 1. The molecule has 1 aromatic carbocycles. The fraction of sp³-hybridized carbons (Fsp3) is 0.517. The lowest BCUT2D eigenvalue weighted by molar-refractivity contribution is -0.114. The summed E-state index contributed by atoms with van der Waals surface area (Å²) >= 11 is 0. The lowest BCUT2D eigenvalue weighted by Crippen LogP contribution is -2.50. The lowest BCUT2D eigenvalue weighted by Gasteiger charge is -2.54. The Labute approximate surface area is 196 Å². The molecule has 4 heteroatoms. The summed E-state index contributed by atoms with van der Waals surface area (Å²) in [4.78, 5) is 24.0. The second kappa shape index (κ2) is 8.18. The first-order chi connectivity index (χ1) is 15.8. The van der Waals surface area contributed by atoms with Gasteiger partial charge in [-0.2, -0.15) is 0 Å². The van der Waals surface area contributed by atoms with Gasteiger partial charge in [0.1, 0.15) is 0 Å². The Morgan fingerprint density at radius 1 is 1.15 bits per heavy atom. The van der Waals surface area contributed by atoms with Crippen LogP contribution in [0.4, 0.5) is 0 Å². The molecule has 2 fully saturated rings. The molecular weight excluding hydrogens is 412 g/mol. The number of hydrogen-bond acceptors (Lipinski definition) is 4. The van der Waals surface area contributed by atoms with Crippen LogP contribution in [0.3, 0.4) is 0 Å². The molecule has 1 aromatic rings. The maximum absolute atomic E-state index is 12.2. The van der Waals surface area contributed by atoms with Gasteiger partial charge in [0, 0.05) is 23.3 Å². The minimum atomic E-state index is -0.938. The second-order valence-electron chi connectivity index (χ2n) is 10.7. The van der Waals surface area contributed by atoms with Gasteiger partial charge in [0.05, 0.1) is 12.2 Å². The van der Waals surface area contributed by atoms with Crippen LogP contribution in [0.1, 0.15) is 80.6 Å². The number of carbonyl (C=O) groups is 2. The van der Waals surface area contributed by atoms with Crippen LogP contribution in [0.15, 0.2) is 59.2 Å². The van der Waals surface area contributed by atoms with Crippen molar-refractivity contribution in [3.05, 3.63) is 70.3 Å². The molecule has 0 heterocycles. The molecule has 33 heavy (non-hydrogen) atoms. The summed E-state index contributed by atoms with van der Waals surface area (Å²) in [5.41, 5.74) is 4.74. The number of rotatable bonds is 4. The third-order valence-electron chi connectivity index (χ3n) is 9.17. The number of carbonyl (C=O) groups excluding carboxylic acids is 2. The molecule has 174 valence electrons. The molecule has 0 bridgehead atoms. The van der Waals surface area contributed by atoms with E-state index in [1.807, 2.05) is 24.3 Å². The van der Waals surface area contributed by atoms with E-state index in [1.165, 1.54) is 22.3 Å². The van der Waals surface area contributed by atoms with Crippen LogP contribution in [0.2, 0.25) is 0 Å². The molecule has 0 amide bonds. The minimum absolute atomic E-state index is 0.0603. The molecule has 0 aliphatic heterocycles. The summed E-state index contributed by atoms with van der Waals surface area (Å²) in [6, 6.07) is 8.00. The highest BCUT2D eigenvalue weighted by Crippen LogP contribution is 2.67. The van der Waals surface area contributed by atoms with Crippen LogP contribution >= 0.6 is 0 Å². The van der Waals surface area contributed by atoms with E-state index < -0.39 is 5.60 Å². The van der Waals surface area contributed by atoms with Gasteiger partial charge in [-0.25, -0.2) is 0 Å². The van der Waals surface area contributed by atoms with Crippen molar-refractivity contribution in [1.82, 2.24) is 0 Å². The summed E-state index contributed by atoms with van der Waals surface area (Å²) in [5, 5.41) is 21.2. The molecule has 4 aliphatic rings. The van der Waals surface area contributed by atoms with E-state index in [1.54, 1.807) is 13.0 Å². The predicted octanol–water partition coefficient (Wildman–Crippen LogP) is 5.07. The number of Topliss-reactive ketones (excluding diaryl/α,β-unsaturated/α-hetero) is 1. The average Bonchev–Trinajstić information content (AvgIpc) is 3.07. The van der Waals surface area contributed by atoms with Crippen LogP contribution < -0.4 is 0 Å². The van der Waals surface area contributed by atoms with Crippen molar-refractivity contribution in [1.29, 1.82) is 0 Å². The van der Waals surface area contributed by atoms with Gasteiger partial charge in [0.2, 0.25) is 0 Å². The monoisotopic (exact) mass is 446 g/mol. The summed E-state index contributed by atoms with van der Waals surface area (Å²) in [6.07, 6.45) is 11.2. The second-order valence-corrected chi connectivity index (χ2v) is 10.7. The zero-order valence-electron chi connectivity index (χ0n) is 19.6. The number of aliphatic hydroxyl groups is 2. The van der Waals surface area contributed by atoms with E-state index in [0.717, 1.165) is 32.1 Å². The number of hydrogen-bond donors (Lipinski definition) is 2. The summed E-state index contributed by atoms with van der Waals surface area (Å²) in [7, 11) is 0. The third-order valence-corrected chi connectivity index (χ3v) is 9.17. The van der Waals surface area contributed by atoms with Crippen molar-refractivity contribution in [2.75, 3.05) is 6.61 Å². The SMILES string of the molecule is CC(=O)c1ccc([C@H]2C[C@@]3(C)[C@@H](CC[C@@]3(O)/C=C/CO)[C@@H]3CCC4=CC(=O)CCC4=C32)cc1. The van der Waals surface area contributed by atoms with Crippen LogP contribution in [-0.4, -0.2) is 34.0 Å². The fourth-order valence-corrected chi connectivity index (χ4v) is 7.47. The normalized spacial score (nSPS) is 35.8. The standard InChI is InChI=1S/C29H34O4/c1-18(31)19-4-6-20(7-5-19)25-17-28(2)26(12-14-29(28,33)13-3-15-30)24-10-8-21-16-22(32)9-11-23(21)27(24)25/h3-7,13,16,24-26,30,33H,8-12,14-15,17H2,1-2H3/b13-3+/t24-,25+,26-,28-,29-/m0/s1. The van der Waals surface area contributed by atoms with Crippen molar-refractivity contribution in [2.24, 2.45) is 17.3 Å². The first-order valence-corrected chi connectivity index (χ1v) is 12.4. The van der Waals surface area contributed by atoms with Crippen LogP contribution in [0.5, 0.6) is 0 Å². The van der Waals surface area contributed by atoms with Crippen molar-refractivity contribution in [3.8, 4) is 0 Å². The van der Waals surface area contributed by atoms with Crippen LogP contribution in [-0.2, 0) is 4.79 Å². The number of ketones is 2. The summed E-state index contributed by atoms with van der Waals surface area (Å²) in [6.45, 7) is 3.76. The molecule has 0 saturated heterocycles. The van der Waals surface area contributed by atoms with Crippen molar-refractivity contribution < 1.29 is 19.8 Å². The zero-order chi connectivity index (χ0) is 23.4. The fourth-order valence-electron chi connectivity index (χ4n) is 7.47. The van der Waals surface area contributed by atoms with Crippen LogP contribution in [0, 0.1) is 17.3 Å². The Kier molecular flexibility index (Phi) is 5.57. The Morgan fingerprint density at radius 2 is 1.91 bits per heavy atom. The predicted molar refractivity (Wildman–Crippen MR) is 128 cm³/mol. The molecule has 0 unspecified atom stereocenters. The first-order valence-electron chi connectivity index (χ1n) is 12.4. The van der Waals surface area contributed by atoms with E-state index in [9.17, 15) is 19.8 Å². The molecule has 2 N–H and O–H groups in total. The van der Waals surface area contributed by atoms with Crippen molar-refractivity contribution in [3.63, 3.8) is 0 Å². The smallest absolute Gasteiger partial charge is 0.159 e. The maximum Gasteiger partial charge on any atom is 0.159 e. The van der Waals surface area contributed by atoms with Crippen molar-refractivity contribution >= 4 is 11.6 Å². The lowest BCUT2D eigenvalue weighted by atomic mass is 9.51. The Bertz CT molecular complexity index is 1080. The van der Waals surface area contributed by atoms with E-state index in [4.69, 9.17) is 0 Å². The highest BCUT2D eigenvalue weighted by Gasteiger charge is 2.61. The largest absolute Gasteiger partial charge is 0.392 e. The molecule has 0 spiro atoms. The van der Waals surface area contributed by atoms with Gasteiger partial charge in [0.15, 0.2) is 11.6 Å². The molecule has 5 atom stereocenters. The maximum atomic E-state index is 12.2. The molecule has 4 nitrogen and oxygen atoms in total. The van der Waals surface area contributed by atoms with Crippen molar-refractivity contribution in [2.45, 2.75) is 70.3 Å². The summed E-state index contributed by atoms with van der Waals surface area (Å²) in [5.74, 6) is 1.21. The van der Waals surface area contributed by atoms with E-state index in [0.29, 0.717) is 30.2 Å². The molecule has 2 saturated carbocycles. The highest BCUT2D eigenvalue weighted by atomic mass is 16.3. The molecule has 0 aromatic heterocycles. The van der Waals surface area contributed by atoms with Gasteiger partial charge in [-0.1, -0.05) is 48.9 Å².